The van der Waals surface area contributed by atoms with Gasteiger partial charge in [-0.3, -0.25) is 14.2 Å². The minimum Gasteiger partial charge on any atom is -0.342 e. The normalized spacial score (nSPS) is 18.8. The van der Waals surface area contributed by atoms with Crippen LogP contribution in [0.1, 0.15) is 63.0 Å². The molecule has 0 radical (unpaired) electrons. The third-order valence-corrected chi connectivity index (χ3v) is 8.45. The maximum absolute atomic E-state index is 14.1. The molecule has 0 bridgehead atoms. The van der Waals surface area contributed by atoms with Crippen LogP contribution in [0.15, 0.2) is 46.4 Å². The highest BCUT2D eigenvalue weighted by Gasteiger charge is 2.44. The second-order valence-electron chi connectivity index (χ2n) is 10.0. The fraction of sp³-hybridized carbons (Fsp3) is 0.519. The molecular formula is C27H33N3O2S. The van der Waals surface area contributed by atoms with Crippen molar-refractivity contribution in [1.29, 1.82) is 0 Å². The number of likely N-dealkylation sites (tertiary alicyclic amines) is 1. The highest BCUT2D eigenvalue weighted by Crippen LogP contribution is 2.50. The Balaban J connectivity index is 1.58. The summed E-state index contributed by atoms with van der Waals surface area (Å²) < 4.78 is 1.78. The van der Waals surface area contributed by atoms with Crippen LogP contribution < -0.4 is 5.56 Å². The second-order valence-corrected chi connectivity index (χ2v) is 11.0. The zero-order valence-corrected chi connectivity index (χ0v) is 20.4. The summed E-state index contributed by atoms with van der Waals surface area (Å²) in [5.74, 6) is 0.454. The summed E-state index contributed by atoms with van der Waals surface area (Å²) in [4.78, 5) is 34.0. The van der Waals surface area contributed by atoms with Crippen LogP contribution in [0, 0.1) is 0 Å². The Bertz CT molecular complexity index is 1140. The summed E-state index contributed by atoms with van der Waals surface area (Å²) in [6.45, 7) is 8.13. The van der Waals surface area contributed by atoms with Crippen LogP contribution in [0.5, 0.6) is 0 Å². The van der Waals surface area contributed by atoms with Gasteiger partial charge in [-0.05, 0) is 51.0 Å². The van der Waals surface area contributed by atoms with Crippen LogP contribution in [-0.4, -0.2) is 39.2 Å². The summed E-state index contributed by atoms with van der Waals surface area (Å²) >= 11 is 1.40. The van der Waals surface area contributed by atoms with E-state index in [4.69, 9.17) is 4.98 Å². The van der Waals surface area contributed by atoms with E-state index in [2.05, 4.69) is 24.8 Å². The topological polar surface area (TPSA) is 55.2 Å². The van der Waals surface area contributed by atoms with Crippen molar-refractivity contribution in [1.82, 2.24) is 14.5 Å². The Morgan fingerprint density at radius 1 is 1.12 bits per heavy atom. The highest BCUT2D eigenvalue weighted by atomic mass is 32.2. The Kier molecular flexibility index (Phi) is 6.21. The number of carbonyl (C=O) groups is 1. The van der Waals surface area contributed by atoms with Gasteiger partial charge in [-0.1, -0.05) is 61.0 Å². The quantitative estimate of drug-likeness (QED) is 0.357. The van der Waals surface area contributed by atoms with Gasteiger partial charge in [0.25, 0.3) is 5.56 Å². The van der Waals surface area contributed by atoms with Crippen molar-refractivity contribution in [2.75, 3.05) is 18.8 Å². The highest BCUT2D eigenvalue weighted by molar-refractivity contribution is 7.99. The number of carbonyl (C=O) groups excluding carboxylic acids is 1. The van der Waals surface area contributed by atoms with Gasteiger partial charge in [-0.2, -0.15) is 0 Å². The summed E-state index contributed by atoms with van der Waals surface area (Å²) in [5, 5.41) is 0.636. The molecule has 0 N–H and O–H groups in total. The van der Waals surface area contributed by atoms with E-state index >= 15 is 0 Å². The molecule has 6 heteroatoms. The number of piperidine rings is 1. The van der Waals surface area contributed by atoms with E-state index in [-0.39, 0.29) is 16.9 Å². The first-order valence-electron chi connectivity index (χ1n) is 12.3. The number of fused-ring (bicyclic) bond motifs is 4. The zero-order chi connectivity index (χ0) is 23.0. The number of benzene rings is 1. The lowest BCUT2D eigenvalue weighted by molar-refractivity contribution is -0.129. The summed E-state index contributed by atoms with van der Waals surface area (Å²) in [5.41, 5.74) is 4.97. The van der Waals surface area contributed by atoms with Crippen LogP contribution in [0.3, 0.4) is 0 Å². The molecule has 1 aromatic heterocycles. The number of hydrogen-bond acceptors (Lipinski definition) is 4. The molecule has 1 saturated carbocycles. The molecule has 5 rings (SSSR count). The third-order valence-electron chi connectivity index (χ3n) is 7.49. The SMILES string of the molecule is C=C(C)Cn1c(SCC(=O)N2CCCCC2)nc2c(c1=O)C1(CCCC1)Cc1ccccc1-2. The lowest BCUT2D eigenvalue weighted by atomic mass is 9.68. The largest absolute Gasteiger partial charge is 0.342 e. The fourth-order valence-corrected chi connectivity index (χ4v) is 6.82. The van der Waals surface area contributed by atoms with Gasteiger partial charge in [0.15, 0.2) is 5.16 Å². The van der Waals surface area contributed by atoms with Crippen molar-refractivity contribution in [2.24, 2.45) is 0 Å². The van der Waals surface area contributed by atoms with Gasteiger partial charge in [-0.25, -0.2) is 4.98 Å². The molecule has 1 spiro atoms. The lowest BCUT2D eigenvalue weighted by Gasteiger charge is -2.36. The van der Waals surface area contributed by atoms with E-state index in [1.165, 1.54) is 23.7 Å². The summed E-state index contributed by atoms with van der Waals surface area (Å²) in [7, 11) is 0. The molecule has 0 atom stereocenters. The monoisotopic (exact) mass is 463 g/mol. The molecule has 2 heterocycles. The predicted molar refractivity (Wildman–Crippen MR) is 134 cm³/mol. The van der Waals surface area contributed by atoms with Gasteiger partial charge in [0.05, 0.1) is 17.0 Å². The third kappa shape index (κ3) is 4.18. The Labute approximate surface area is 200 Å². The molecular weight excluding hydrogens is 430 g/mol. The Hall–Kier alpha value is -2.34. The molecule has 2 fully saturated rings. The van der Waals surface area contributed by atoms with Crippen LogP contribution in [-0.2, 0) is 23.2 Å². The van der Waals surface area contributed by atoms with Crippen molar-refractivity contribution in [3.8, 4) is 11.3 Å². The van der Waals surface area contributed by atoms with Crippen molar-refractivity contribution in [3.05, 3.63) is 57.9 Å². The Morgan fingerprint density at radius 3 is 2.58 bits per heavy atom. The maximum atomic E-state index is 14.1. The standard InChI is InChI=1S/C27H33N3O2S/c1-19(2)17-30-25(32)23-24(28-26(30)33-18-22(31)29-14-8-3-9-15-29)21-11-5-4-10-20(21)16-27(23)12-6-7-13-27/h4-5,10-11H,1,3,6-9,12-18H2,2H3. The van der Waals surface area contributed by atoms with Gasteiger partial charge in [0, 0.05) is 30.6 Å². The zero-order valence-electron chi connectivity index (χ0n) is 19.6. The number of thioether (sulfide) groups is 1. The first kappa shape index (κ1) is 22.5. The van der Waals surface area contributed by atoms with Gasteiger partial charge >= 0.3 is 0 Å². The first-order chi connectivity index (χ1) is 16.0. The van der Waals surface area contributed by atoms with Crippen molar-refractivity contribution in [2.45, 2.75) is 75.4 Å². The molecule has 33 heavy (non-hydrogen) atoms. The van der Waals surface area contributed by atoms with Gasteiger partial charge in [0.2, 0.25) is 5.91 Å². The lowest BCUT2D eigenvalue weighted by Crippen LogP contribution is -2.41. The summed E-state index contributed by atoms with van der Waals surface area (Å²) in [6.07, 6.45) is 8.66. The molecule has 1 saturated heterocycles. The molecule has 2 aromatic rings. The molecule has 5 nitrogen and oxygen atoms in total. The fourth-order valence-electron chi connectivity index (χ4n) is 5.93. The number of rotatable bonds is 5. The number of allylic oxidation sites excluding steroid dienone is 1. The van der Waals surface area contributed by atoms with E-state index < -0.39 is 0 Å². The van der Waals surface area contributed by atoms with E-state index in [9.17, 15) is 9.59 Å². The minimum absolute atomic E-state index is 0.0623. The van der Waals surface area contributed by atoms with Crippen molar-refractivity contribution < 1.29 is 4.79 Å². The molecule has 1 aliphatic heterocycles. The smallest absolute Gasteiger partial charge is 0.258 e. The van der Waals surface area contributed by atoms with E-state index in [1.807, 2.05) is 17.9 Å². The summed E-state index contributed by atoms with van der Waals surface area (Å²) in [6, 6.07) is 8.40. The average Bonchev–Trinajstić information content (AvgIpc) is 3.28. The van der Waals surface area contributed by atoms with Gasteiger partial charge in [-0.15, -0.1) is 0 Å². The van der Waals surface area contributed by atoms with Crippen molar-refractivity contribution >= 4 is 17.7 Å². The Morgan fingerprint density at radius 2 is 1.85 bits per heavy atom. The molecule has 2 aliphatic carbocycles. The van der Waals surface area contributed by atoms with Crippen LogP contribution in [0.25, 0.3) is 11.3 Å². The predicted octanol–water partition coefficient (Wildman–Crippen LogP) is 4.96. The molecule has 0 unspecified atom stereocenters. The maximum Gasteiger partial charge on any atom is 0.258 e. The number of amides is 1. The molecule has 174 valence electrons. The van der Waals surface area contributed by atoms with E-state index in [0.29, 0.717) is 17.5 Å². The van der Waals surface area contributed by atoms with Crippen LogP contribution >= 0.6 is 11.8 Å². The van der Waals surface area contributed by atoms with Crippen LogP contribution in [0.4, 0.5) is 0 Å². The molecule has 1 amide bonds. The van der Waals surface area contributed by atoms with Gasteiger partial charge < -0.3 is 4.90 Å². The number of nitrogens with zero attached hydrogens (tertiary/aromatic N) is 3. The van der Waals surface area contributed by atoms with Gasteiger partial charge in [0.1, 0.15) is 0 Å². The van der Waals surface area contributed by atoms with E-state index in [0.717, 1.165) is 80.4 Å². The first-order valence-corrected chi connectivity index (χ1v) is 13.3. The van der Waals surface area contributed by atoms with Crippen LogP contribution in [0.2, 0.25) is 0 Å². The minimum atomic E-state index is -0.114. The second kappa shape index (κ2) is 9.13. The average molecular weight is 464 g/mol. The van der Waals surface area contributed by atoms with Crippen molar-refractivity contribution in [3.63, 3.8) is 0 Å². The molecule has 3 aliphatic rings. The van der Waals surface area contributed by atoms with E-state index in [1.54, 1.807) is 4.57 Å². The number of aromatic nitrogens is 2. The number of hydrogen-bond donors (Lipinski definition) is 0. The molecule has 1 aromatic carbocycles.